The first kappa shape index (κ1) is 17.4. The molecule has 0 saturated heterocycles. The lowest BCUT2D eigenvalue weighted by molar-refractivity contribution is -0.121. The number of nitrogens with zero attached hydrogens (tertiary/aromatic N) is 1. The molecule has 2 aromatic rings. The maximum Gasteiger partial charge on any atom is 0.228 e. The van der Waals surface area contributed by atoms with E-state index in [1.807, 2.05) is 42.5 Å². The fraction of sp³-hybridized carbons (Fsp3) is 0.400. The third-order valence-electron chi connectivity index (χ3n) is 4.80. The summed E-state index contributed by atoms with van der Waals surface area (Å²) in [5.41, 5.74) is 6.80. The Bertz CT molecular complexity index is 682. The zero-order valence-corrected chi connectivity index (χ0v) is 14.4. The van der Waals surface area contributed by atoms with Gasteiger partial charge in [0.15, 0.2) is 11.6 Å². The molecular weight excluding hydrogens is 314 g/mol. The van der Waals surface area contributed by atoms with E-state index in [9.17, 15) is 4.79 Å². The minimum Gasteiger partial charge on any atom is -0.485 e. The number of amides is 1. The van der Waals surface area contributed by atoms with Gasteiger partial charge in [-0.05, 0) is 55.8 Å². The molecule has 1 aliphatic rings. The number of pyridine rings is 1. The summed E-state index contributed by atoms with van der Waals surface area (Å²) in [6.45, 7) is 1.16. The number of ether oxygens (including phenoxy) is 1. The largest absolute Gasteiger partial charge is 0.485 e. The highest BCUT2D eigenvalue weighted by molar-refractivity contribution is 5.92. The van der Waals surface area contributed by atoms with E-state index in [1.54, 1.807) is 6.20 Å². The Hall–Kier alpha value is -2.40. The summed E-state index contributed by atoms with van der Waals surface area (Å²) in [7, 11) is 0. The smallest absolute Gasteiger partial charge is 0.228 e. The number of benzene rings is 1. The van der Waals surface area contributed by atoms with Gasteiger partial charge in [0, 0.05) is 12.1 Å². The molecule has 25 heavy (non-hydrogen) atoms. The highest BCUT2D eigenvalue weighted by atomic mass is 16.5. The van der Waals surface area contributed by atoms with Gasteiger partial charge in [0.2, 0.25) is 5.91 Å². The summed E-state index contributed by atoms with van der Waals surface area (Å²) in [4.78, 5) is 16.8. The second kappa shape index (κ2) is 8.62. The van der Waals surface area contributed by atoms with Crippen LogP contribution >= 0.6 is 0 Å². The maximum absolute atomic E-state index is 12.6. The van der Waals surface area contributed by atoms with Crippen LogP contribution in [-0.4, -0.2) is 17.4 Å². The number of aromatic nitrogens is 1. The molecule has 0 unspecified atom stereocenters. The molecule has 0 radical (unpaired) electrons. The van der Waals surface area contributed by atoms with Crippen molar-refractivity contribution in [3.63, 3.8) is 0 Å². The minimum absolute atomic E-state index is 0.0266. The van der Waals surface area contributed by atoms with Crippen molar-refractivity contribution >= 4 is 11.7 Å². The molecule has 0 atom stereocenters. The molecule has 1 saturated carbocycles. The van der Waals surface area contributed by atoms with Crippen LogP contribution in [0.3, 0.4) is 0 Å². The first-order valence-corrected chi connectivity index (χ1v) is 8.89. The number of hydrogen-bond donors (Lipinski definition) is 2. The first-order valence-electron chi connectivity index (χ1n) is 8.89. The van der Waals surface area contributed by atoms with Crippen LogP contribution in [0.4, 0.5) is 5.82 Å². The van der Waals surface area contributed by atoms with Gasteiger partial charge in [-0.3, -0.25) is 4.79 Å². The number of nitrogens with one attached hydrogen (secondary N) is 1. The third-order valence-corrected chi connectivity index (χ3v) is 4.80. The van der Waals surface area contributed by atoms with Crippen molar-refractivity contribution in [3.05, 3.63) is 54.2 Å². The Balaban J connectivity index is 1.60. The molecule has 1 amide bonds. The predicted octanol–water partition coefficient (Wildman–Crippen LogP) is 3.36. The van der Waals surface area contributed by atoms with Crippen LogP contribution in [-0.2, 0) is 11.4 Å². The topological polar surface area (TPSA) is 77.2 Å². The van der Waals surface area contributed by atoms with Gasteiger partial charge in [-0.2, -0.15) is 0 Å². The number of carbonyl (C=O) groups excluding carboxylic acids is 1. The molecule has 5 heteroatoms. The molecule has 5 nitrogen and oxygen atoms in total. The van der Waals surface area contributed by atoms with Crippen molar-refractivity contribution in [1.29, 1.82) is 0 Å². The van der Waals surface area contributed by atoms with Crippen molar-refractivity contribution in [2.75, 3.05) is 11.9 Å². The Morgan fingerprint density at radius 2 is 1.88 bits per heavy atom. The summed E-state index contributed by atoms with van der Waals surface area (Å²) in [6.07, 6.45) is 5.49. The lowest BCUT2D eigenvalue weighted by atomic mass is 9.81. The van der Waals surface area contributed by atoms with Gasteiger partial charge >= 0.3 is 0 Å². The Morgan fingerprint density at radius 3 is 2.60 bits per heavy atom. The van der Waals surface area contributed by atoms with E-state index in [2.05, 4.69) is 10.3 Å². The molecule has 0 spiro atoms. The van der Waals surface area contributed by atoms with Gasteiger partial charge in [-0.25, -0.2) is 4.98 Å². The molecule has 3 N–H and O–H groups in total. The second-order valence-electron chi connectivity index (χ2n) is 6.57. The summed E-state index contributed by atoms with van der Waals surface area (Å²) in [6, 6.07) is 13.6. The SMILES string of the molecule is NCC1CCC(C(=O)Nc2ncccc2OCc2ccccc2)CC1. The number of carbonyl (C=O) groups is 1. The van der Waals surface area contributed by atoms with Crippen molar-refractivity contribution in [2.24, 2.45) is 17.6 Å². The summed E-state index contributed by atoms with van der Waals surface area (Å²) >= 11 is 0. The highest BCUT2D eigenvalue weighted by Crippen LogP contribution is 2.30. The van der Waals surface area contributed by atoms with E-state index >= 15 is 0 Å². The molecule has 1 fully saturated rings. The lowest BCUT2D eigenvalue weighted by Crippen LogP contribution is -2.29. The fourth-order valence-electron chi connectivity index (χ4n) is 3.22. The summed E-state index contributed by atoms with van der Waals surface area (Å²) in [5, 5.41) is 2.94. The standard InChI is InChI=1S/C20H25N3O2/c21-13-15-8-10-17(11-9-15)20(24)23-19-18(7-4-12-22-19)25-14-16-5-2-1-3-6-16/h1-7,12,15,17H,8-11,13-14,21H2,(H,22,23,24). The molecule has 3 rings (SSSR count). The van der Waals surface area contributed by atoms with Gasteiger partial charge in [0.25, 0.3) is 0 Å². The van der Waals surface area contributed by atoms with Gasteiger partial charge in [0.1, 0.15) is 6.61 Å². The zero-order valence-electron chi connectivity index (χ0n) is 14.4. The lowest BCUT2D eigenvalue weighted by Gasteiger charge is -2.26. The van der Waals surface area contributed by atoms with E-state index in [0.717, 1.165) is 31.2 Å². The van der Waals surface area contributed by atoms with Crippen molar-refractivity contribution < 1.29 is 9.53 Å². The summed E-state index contributed by atoms with van der Waals surface area (Å²) in [5.74, 6) is 1.70. The van der Waals surface area contributed by atoms with Gasteiger partial charge in [-0.15, -0.1) is 0 Å². The van der Waals surface area contributed by atoms with Crippen LogP contribution in [0.1, 0.15) is 31.2 Å². The molecule has 1 aromatic carbocycles. The monoisotopic (exact) mass is 339 g/mol. The Morgan fingerprint density at radius 1 is 1.12 bits per heavy atom. The van der Waals surface area contributed by atoms with Gasteiger partial charge in [-0.1, -0.05) is 30.3 Å². The van der Waals surface area contributed by atoms with Crippen LogP contribution < -0.4 is 15.8 Å². The number of anilines is 1. The molecule has 132 valence electrons. The van der Waals surface area contributed by atoms with Crippen molar-refractivity contribution in [3.8, 4) is 5.75 Å². The van der Waals surface area contributed by atoms with Crippen LogP contribution in [0.15, 0.2) is 48.7 Å². The van der Waals surface area contributed by atoms with Gasteiger partial charge in [0.05, 0.1) is 0 Å². The van der Waals surface area contributed by atoms with Crippen LogP contribution in [0.25, 0.3) is 0 Å². The molecule has 1 aliphatic carbocycles. The van der Waals surface area contributed by atoms with E-state index in [0.29, 0.717) is 30.6 Å². The first-order chi connectivity index (χ1) is 12.3. The zero-order chi connectivity index (χ0) is 17.5. The van der Waals surface area contributed by atoms with E-state index in [1.165, 1.54) is 0 Å². The number of hydrogen-bond acceptors (Lipinski definition) is 4. The molecule has 0 bridgehead atoms. The minimum atomic E-state index is 0.0266. The normalized spacial score (nSPS) is 20.0. The Kier molecular flexibility index (Phi) is 6.01. The summed E-state index contributed by atoms with van der Waals surface area (Å²) < 4.78 is 5.85. The van der Waals surface area contributed by atoms with Crippen LogP contribution in [0, 0.1) is 11.8 Å². The second-order valence-corrected chi connectivity index (χ2v) is 6.57. The quantitative estimate of drug-likeness (QED) is 0.846. The molecule has 0 aliphatic heterocycles. The van der Waals surface area contributed by atoms with E-state index in [-0.39, 0.29) is 11.8 Å². The highest BCUT2D eigenvalue weighted by Gasteiger charge is 2.26. The average molecular weight is 339 g/mol. The third kappa shape index (κ3) is 4.79. The number of rotatable bonds is 6. The predicted molar refractivity (Wildman–Crippen MR) is 98.1 cm³/mol. The molecule has 1 heterocycles. The number of nitrogens with two attached hydrogens (primary N) is 1. The van der Waals surface area contributed by atoms with Crippen LogP contribution in [0.2, 0.25) is 0 Å². The van der Waals surface area contributed by atoms with E-state index in [4.69, 9.17) is 10.5 Å². The molecule has 1 aromatic heterocycles. The van der Waals surface area contributed by atoms with Crippen molar-refractivity contribution in [2.45, 2.75) is 32.3 Å². The fourth-order valence-corrected chi connectivity index (χ4v) is 3.22. The van der Waals surface area contributed by atoms with Crippen LogP contribution in [0.5, 0.6) is 5.75 Å². The Labute approximate surface area is 148 Å². The van der Waals surface area contributed by atoms with Crippen molar-refractivity contribution in [1.82, 2.24) is 4.98 Å². The van der Waals surface area contributed by atoms with Gasteiger partial charge < -0.3 is 15.8 Å². The maximum atomic E-state index is 12.6. The molecular formula is C20H25N3O2. The van der Waals surface area contributed by atoms with E-state index < -0.39 is 0 Å². The average Bonchev–Trinajstić information content (AvgIpc) is 2.68.